The van der Waals surface area contributed by atoms with E-state index in [1.54, 1.807) is 0 Å². The quantitative estimate of drug-likeness (QED) is 0.156. The molecule has 0 aromatic heterocycles. The SMILES string of the molecule is [C+4].[Cd+2].[N-]=[N+]=[N-].[N-]=[N+]=[N-].[N-]=[N+]=[N-].[N-]=[N+]=[N-].[N-]=[N+]=[N-].[N-]=[N+]=[N-].[N-]=[N+]=[N][Cu][N]=[N+]=[N-]. The van der Waals surface area contributed by atoms with Crippen molar-refractivity contribution in [1.82, 2.24) is 0 Å². The number of rotatable bonds is 2. The topological polar surface area (TPSA) is 450 Å². The van der Waals surface area contributed by atoms with E-state index in [4.69, 9.17) is 77.4 Å². The first-order chi connectivity index (χ1) is 11.9. The third-order valence-corrected chi connectivity index (χ3v) is 0.445. The van der Waals surface area contributed by atoms with Crippen LogP contribution in [0.25, 0.3) is 117 Å². The van der Waals surface area contributed by atoms with E-state index in [1.165, 1.54) is 29.5 Å². The second-order valence-electron chi connectivity index (χ2n) is 0.896. The first kappa shape index (κ1) is 56.8. The summed E-state index contributed by atoms with van der Waals surface area (Å²) < 4.78 is 5.66. The van der Waals surface area contributed by atoms with Gasteiger partial charge >= 0.3 is 79.3 Å². The molecule has 0 radical (unpaired) electrons. The molecule has 0 fully saturated rings. The van der Waals surface area contributed by atoms with Crippen molar-refractivity contribution < 1.29 is 42.7 Å². The molecule has 24 nitrogen and oxygen atoms in total. The summed E-state index contributed by atoms with van der Waals surface area (Å²) in [6, 6.07) is 0. The van der Waals surface area contributed by atoms with Gasteiger partial charge in [0, 0.05) is 0 Å². The third-order valence-electron chi connectivity index (χ3n) is 0.108. The van der Waals surface area contributed by atoms with Crippen LogP contribution >= 0.6 is 0 Å². The minimum absolute atomic E-state index is 0. The predicted octanol–water partition coefficient (Wildman–Crippen LogP) is 6.79. The van der Waals surface area contributed by atoms with Gasteiger partial charge in [0.05, 0.1) is 0 Å². The van der Waals surface area contributed by atoms with E-state index >= 15 is 0 Å². The summed E-state index contributed by atoms with van der Waals surface area (Å²) in [5.74, 6) is 0. The van der Waals surface area contributed by atoms with Crippen LogP contribution in [-0.4, -0.2) is 0 Å². The van der Waals surface area contributed by atoms with Crippen molar-refractivity contribution >= 4 is 0 Å². The zero-order chi connectivity index (χ0) is 21.8. The van der Waals surface area contributed by atoms with Crippen LogP contribution in [0.5, 0.6) is 0 Å². The molecule has 0 spiro atoms. The Morgan fingerprint density at radius 1 is 0.407 bits per heavy atom. The van der Waals surface area contributed by atoms with Gasteiger partial charge in [-0.05, 0) is 0 Å². The molecule has 0 atom stereocenters. The zero-order valence-electron chi connectivity index (χ0n) is 12.2. The number of hydrogen-bond donors (Lipinski definition) is 0. The van der Waals surface area contributed by atoms with Crippen LogP contribution in [0.15, 0.2) is 8.26 Å². The van der Waals surface area contributed by atoms with Gasteiger partial charge in [-0.15, -0.1) is 0 Å². The maximum absolute atomic E-state index is 7.54. The summed E-state index contributed by atoms with van der Waals surface area (Å²) in [6.07, 6.45) is 0. The molecule has 0 unspecified atom stereocenters. The van der Waals surface area contributed by atoms with Crippen LogP contribution in [0.4, 0.5) is 0 Å². The van der Waals surface area contributed by atoms with Crippen LogP contribution in [0.1, 0.15) is 0 Å². The monoisotopic (exact) mass is 525 g/mol. The first-order valence-electron chi connectivity index (χ1n) is 3.47. The molecule has 0 heterocycles. The average molecular weight is 524 g/mol. The zero-order valence-corrected chi connectivity index (χ0v) is 17.2. The van der Waals surface area contributed by atoms with Crippen LogP contribution in [0.2, 0.25) is 0 Å². The molecule has 0 aliphatic heterocycles. The van der Waals surface area contributed by atoms with E-state index in [1.807, 2.05) is 0 Å². The second kappa shape index (κ2) is 200. The van der Waals surface area contributed by atoms with Gasteiger partial charge in [0.25, 0.3) is 0 Å². The van der Waals surface area contributed by atoms with Gasteiger partial charge in [-0.1, -0.05) is 0 Å². The normalized spacial score (nSPS) is 3.41. The van der Waals surface area contributed by atoms with Crippen molar-refractivity contribution in [3.63, 3.8) is 0 Å². The summed E-state index contributed by atoms with van der Waals surface area (Å²) in [5.41, 5.74) is 96.1. The fourth-order valence-electron chi connectivity index (χ4n) is 0.0362. The Hall–Kier alpha value is -4.08. The van der Waals surface area contributed by atoms with Crippen molar-refractivity contribution in [2.24, 2.45) is 8.26 Å². The summed E-state index contributed by atoms with van der Waals surface area (Å²) in [7, 11) is 0. The summed E-state index contributed by atoms with van der Waals surface area (Å²) in [4.78, 5) is 13.6. The van der Waals surface area contributed by atoms with Gasteiger partial charge in [-0.2, -0.15) is 0 Å². The molecule has 27 heavy (non-hydrogen) atoms. The molecule has 0 rings (SSSR count). The molecule has 0 aromatic rings. The van der Waals surface area contributed by atoms with Crippen molar-refractivity contribution in [1.29, 1.82) is 0 Å². The van der Waals surface area contributed by atoms with Gasteiger partial charge in [-0.25, -0.2) is 0 Å². The Kier molecular flexibility index (Phi) is 422. The number of hydrogen-bond acceptors (Lipinski definition) is 2. The van der Waals surface area contributed by atoms with Gasteiger partial charge in [0.15, 0.2) is 0 Å². The van der Waals surface area contributed by atoms with E-state index in [2.05, 4.69) is 18.1 Å². The minimum atomic E-state index is 0. The molecule has 0 saturated heterocycles. The van der Waals surface area contributed by atoms with E-state index in [9.17, 15) is 0 Å². The molecule has 26 heteroatoms. The van der Waals surface area contributed by atoms with E-state index in [0.29, 0.717) is 15.4 Å². The first-order valence-corrected chi connectivity index (χ1v) is 4.31. The molecule has 0 amide bonds. The Morgan fingerprint density at radius 3 is 0.593 bits per heavy atom. The Morgan fingerprint density at radius 2 is 0.519 bits per heavy atom. The van der Waals surface area contributed by atoms with Gasteiger partial charge < -0.3 is 66.4 Å². The number of nitrogens with zero attached hydrogens (tertiary/aromatic N) is 24. The molecule has 0 aliphatic carbocycles. The molecule has 0 aromatic carbocycles. The molecular weight excluding hydrogens is 524 g/mol. The molecular formula is CCdCuN24. The van der Waals surface area contributed by atoms with Crippen molar-refractivity contribution in [3.8, 4) is 0 Å². The third kappa shape index (κ3) is 1410000. The summed E-state index contributed by atoms with van der Waals surface area (Å²) in [6.45, 7) is 0. The van der Waals surface area contributed by atoms with Crippen LogP contribution in [0, 0.1) is 7.43 Å². The molecule has 0 bridgehead atoms. The van der Waals surface area contributed by atoms with Crippen molar-refractivity contribution in [2.45, 2.75) is 0 Å². The maximum atomic E-state index is 7.54. The Balaban J connectivity index is -0.0000000206. The second-order valence-corrected chi connectivity index (χ2v) is 1.46. The van der Waals surface area contributed by atoms with E-state index in [-0.39, 0.29) is 34.7 Å². The van der Waals surface area contributed by atoms with Crippen molar-refractivity contribution in [3.05, 3.63) is 124 Å². The summed E-state index contributed by atoms with van der Waals surface area (Å²) >= 11 is 0.547. The molecule has 0 N–H and O–H groups in total. The molecule has 0 aliphatic rings. The molecule has 137 valence electrons. The number of azide groups is 1. The average Bonchev–Trinajstić information content (AvgIpc) is 2.53. The standard InChI is InChI=1S/C.Cd.Cu.8N3/c;;;8*1-3-2/q+4;2*+2;8*-1. The van der Waals surface area contributed by atoms with Gasteiger partial charge in [-0.3, -0.25) is 29.5 Å². The fourth-order valence-corrected chi connectivity index (χ4v) is 0.149. The van der Waals surface area contributed by atoms with Gasteiger partial charge in [0.2, 0.25) is 0 Å². The fraction of sp³-hybridized carbons (Fsp3) is 0. The Labute approximate surface area is 175 Å². The Bertz CT molecular complexity index is 436. The van der Waals surface area contributed by atoms with Crippen LogP contribution in [-0.2, 0) is 42.7 Å². The van der Waals surface area contributed by atoms with E-state index < -0.39 is 0 Å². The van der Waals surface area contributed by atoms with Crippen LogP contribution < -0.4 is 0 Å². The van der Waals surface area contributed by atoms with Crippen molar-refractivity contribution in [2.75, 3.05) is 0 Å². The predicted molar refractivity (Wildman–Crippen MR) is 82.0 cm³/mol. The van der Waals surface area contributed by atoms with Crippen LogP contribution in [0.3, 0.4) is 0 Å². The van der Waals surface area contributed by atoms with E-state index in [0.717, 1.165) is 0 Å². The molecule has 0 saturated carbocycles. The van der Waals surface area contributed by atoms with Gasteiger partial charge in [0.1, 0.15) is 0 Å². The summed E-state index contributed by atoms with van der Waals surface area (Å²) in [5, 5.41) is 0.